The summed E-state index contributed by atoms with van der Waals surface area (Å²) in [6.07, 6.45) is 3.98. The van der Waals surface area contributed by atoms with Gasteiger partial charge in [-0.05, 0) is 73.9 Å². The molecule has 0 unspecified atom stereocenters. The van der Waals surface area contributed by atoms with Crippen molar-refractivity contribution in [1.29, 1.82) is 0 Å². The van der Waals surface area contributed by atoms with E-state index in [0.717, 1.165) is 42.0 Å². The van der Waals surface area contributed by atoms with Crippen molar-refractivity contribution >= 4 is 23.3 Å². The van der Waals surface area contributed by atoms with Crippen molar-refractivity contribution in [2.75, 3.05) is 13.2 Å². The van der Waals surface area contributed by atoms with Crippen LogP contribution >= 0.6 is 12.2 Å². The zero-order valence-electron chi connectivity index (χ0n) is 18.2. The van der Waals surface area contributed by atoms with Crippen LogP contribution in [0.15, 0.2) is 59.1 Å². The highest BCUT2D eigenvalue weighted by Crippen LogP contribution is 2.41. The molecule has 2 aliphatic rings. The lowest BCUT2D eigenvalue weighted by atomic mass is 10.0. The molecule has 2 saturated heterocycles. The Morgan fingerprint density at radius 2 is 2.15 bits per heavy atom. The number of aromatic carboxylic acids is 1. The lowest BCUT2D eigenvalue weighted by molar-refractivity contribution is 0.0696. The van der Waals surface area contributed by atoms with E-state index in [1.54, 1.807) is 24.4 Å². The quantitative estimate of drug-likeness (QED) is 0.517. The average Bonchev–Trinajstić information content (AvgIpc) is 3.56. The van der Waals surface area contributed by atoms with Crippen LogP contribution in [0.1, 0.15) is 52.3 Å². The van der Waals surface area contributed by atoms with Crippen LogP contribution in [-0.4, -0.2) is 45.3 Å². The molecule has 2 aromatic heterocycles. The Morgan fingerprint density at radius 1 is 1.27 bits per heavy atom. The van der Waals surface area contributed by atoms with Gasteiger partial charge in [0.2, 0.25) is 0 Å². The fraction of sp³-hybridized carbons (Fsp3) is 0.320. The van der Waals surface area contributed by atoms with Gasteiger partial charge in [0.05, 0.1) is 23.4 Å². The highest BCUT2D eigenvalue weighted by molar-refractivity contribution is 7.80. The third kappa shape index (κ3) is 4.24. The third-order valence-corrected chi connectivity index (χ3v) is 6.63. The molecule has 0 bridgehead atoms. The van der Waals surface area contributed by atoms with Crippen LogP contribution in [0.4, 0.5) is 0 Å². The highest BCUT2D eigenvalue weighted by Gasteiger charge is 2.42. The van der Waals surface area contributed by atoms with Crippen molar-refractivity contribution < 1.29 is 19.1 Å². The van der Waals surface area contributed by atoms with Gasteiger partial charge in [-0.15, -0.1) is 0 Å². The molecule has 0 saturated carbocycles. The van der Waals surface area contributed by atoms with Gasteiger partial charge < -0.3 is 24.5 Å². The van der Waals surface area contributed by atoms with Crippen LogP contribution in [0.25, 0.3) is 11.3 Å². The maximum absolute atomic E-state index is 11.3. The molecule has 170 valence electrons. The second-order valence-corrected chi connectivity index (χ2v) is 8.84. The molecule has 7 nitrogen and oxygen atoms in total. The lowest BCUT2D eigenvalue weighted by Gasteiger charge is -2.28. The number of carbonyl (C=O) groups is 1. The minimum absolute atomic E-state index is 0.134. The summed E-state index contributed by atoms with van der Waals surface area (Å²) in [5.41, 5.74) is 2.85. The second kappa shape index (κ2) is 8.96. The molecule has 2 fully saturated rings. The predicted molar refractivity (Wildman–Crippen MR) is 127 cm³/mol. The molecular formula is C25H25N3O4S. The highest BCUT2D eigenvalue weighted by atomic mass is 32.1. The zero-order chi connectivity index (χ0) is 22.9. The molecule has 0 amide bonds. The van der Waals surface area contributed by atoms with E-state index < -0.39 is 5.97 Å². The molecule has 2 aliphatic heterocycles. The Kier molecular flexibility index (Phi) is 5.86. The van der Waals surface area contributed by atoms with E-state index in [4.69, 9.17) is 21.4 Å². The standard InChI is InChI=1S/C25H25N3O4S/c1-15-13-16(24(29)30)7-8-18(15)20-9-10-21(32-20)23-22(19-6-2-3-11-26-19)27-25(33)28(23)14-17-5-4-12-31-17/h2-3,6-11,13,17,22-23H,4-5,12,14H2,1H3,(H,27,33)(H,29,30)/t17-,22-,23-/m0/s1. The molecule has 0 radical (unpaired) electrons. The van der Waals surface area contributed by atoms with Gasteiger partial charge in [-0.25, -0.2) is 4.79 Å². The van der Waals surface area contributed by atoms with Crippen LogP contribution < -0.4 is 5.32 Å². The van der Waals surface area contributed by atoms with E-state index in [1.807, 2.05) is 37.3 Å². The first-order chi connectivity index (χ1) is 16.0. The molecule has 33 heavy (non-hydrogen) atoms. The van der Waals surface area contributed by atoms with Gasteiger partial charge in [0.1, 0.15) is 17.6 Å². The van der Waals surface area contributed by atoms with Crippen molar-refractivity contribution in [3.8, 4) is 11.3 Å². The first-order valence-corrected chi connectivity index (χ1v) is 11.5. The zero-order valence-corrected chi connectivity index (χ0v) is 19.0. The summed E-state index contributed by atoms with van der Waals surface area (Å²) < 4.78 is 12.3. The van der Waals surface area contributed by atoms with Crippen molar-refractivity contribution in [3.05, 3.63) is 77.3 Å². The number of aromatic nitrogens is 1. The summed E-state index contributed by atoms with van der Waals surface area (Å²) in [4.78, 5) is 18.0. The summed E-state index contributed by atoms with van der Waals surface area (Å²) in [5, 5.41) is 13.4. The smallest absolute Gasteiger partial charge is 0.335 e. The molecule has 3 atom stereocenters. The van der Waals surface area contributed by atoms with Crippen LogP contribution in [0, 0.1) is 6.92 Å². The molecular weight excluding hydrogens is 438 g/mol. The number of ether oxygens (including phenoxy) is 1. The lowest BCUT2D eigenvalue weighted by Crippen LogP contribution is -2.36. The average molecular weight is 464 g/mol. The minimum atomic E-state index is -0.946. The van der Waals surface area contributed by atoms with E-state index in [0.29, 0.717) is 17.4 Å². The number of rotatable bonds is 6. The van der Waals surface area contributed by atoms with Gasteiger partial charge >= 0.3 is 5.97 Å². The third-order valence-electron chi connectivity index (χ3n) is 6.28. The van der Waals surface area contributed by atoms with E-state index in [1.165, 1.54) is 0 Å². The van der Waals surface area contributed by atoms with Crippen molar-refractivity contribution in [1.82, 2.24) is 15.2 Å². The van der Waals surface area contributed by atoms with Gasteiger partial charge in [0.15, 0.2) is 5.11 Å². The number of nitrogens with one attached hydrogen (secondary N) is 1. The first-order valence-electron chi connectivity index (χ1n) is 11.0. The normalized spacial score (nSPS) is 22.5. The molecule has 8 heteroatoms. The van der Waals surface area contributed by atoms with Gasteiger partial charge in [-0.3, -0.25) is 4.98 Å². The number of aryl methyl sites for hydroxylation is 1. The Bertz CT molecular complexity index is 1170. The Morgan fingerprint density at radius 3 is 2.85 bits per heavy atom. The number of hydrogen-bond donors (Lipinski definition) is 2. The number of carboxylic acids is 1. The van der Waals surface area contributed by atoms with Gasteiger partial charge in [0, 0.05) is 24.9 Å². The predicted octanol–water partition coefficient (Wildman–Crippen LogP) is 4.50. The topological polar surface area (TPSA) is 87.8 Å². The molecule has 3 aromatic rings. The Labute approximate surface area is 197 Å². The van der Waals surface area contributed by atoms with Gasteiger partial charge in [-0.2, -0.15) is 0 Å². The molecule has 1 aromatic carbocycles. The summed E-state index contributed by atoms with van der Waals surface area (Å²) in [5.74, 6) is 0.514. The number of thiocarbonyl (C=S) groups is 1. The Balaban J connectivity index is 1.50. The van der Waals surface area contributed by atoms with E-state index in [2.05, 4.69) is 15.2 Å². The van der Waals surface area contributed by atoms with Crippen LogP contribution in [-0.2, 0) is 4.74 Å². The summed E-state index contributed by atoms with van der Waals surface area (Å²) in [6, 6.07) is 14.5. The molecule has 0 spiro atoms. The first kappa shape index (κ1) is 21.6. The van der Waals surface area contributed by atoms with Crippen molar-refractivity contribution in [3.63, 3.8) is 0 Å². The number of nitrogens with zero attached hydrogens (tertiary/aromatic N) is 2. The summed E-state index contributed by atoms with van der Waals surface area (Å²) >= 11 is 5.72. The molecule has 0 aliphatic carbocycles. The van der Waals surface area contributed by atoms with Crippen LogP contribution in [0.3, 0.4) is 0 Å². The second-order valence-electron chi connectivity index (χ2n) is 8.45. The molecule has 4 heterocycles. The Hall–Kier alpha value is -3.23. The van der Waals surface area contributed by atoms with Crippen molar-refractivity contribution in [2.24, 2.45) is 0 Å². The van der Waals surface area contributed by atoms with Crippen LogP contribution in [0.5, 0.6) is 0 Å². The largest absolute Gasteiger partial charge is 0.478 e. The maximum Gasteiger partial charge on any atom is 0.335 e. The molecule has 2 N–H and O–H groups in total. The van der Waals surface area contributed by atoms with E-state index in [-0.39, 0.29) is 23.8 Å². The fourth-order valence-electron chi connectivity index (χ4n) is 4.65. The van der Waals surface area contributed by atoms with Crippen LogP contribution in [0.2, 0.25) is 0 Å². The summed E-state index contributed by atoms with van der Waals surface area (Å²) in [6.45, 7) is 3.35. The maximum atomic E-state index is 11.3. The number of furan rings is 1. The van der Waals surface area contributed by atoms with Crippen molar-refractivity contribution in [2.45, 2.75) is 38.0 Å². The SMILES string of the molecule is Cc1cc(C(=O)O)ccc1-c1ccc([C@H]2[C@H](c3ccccn3)NC(=S)N2C[C@@H]2CCCO2)o1. The fourth-order valence-corrected chi connectivity index (χ4v) is 4.96. The number of pyridine rings is 1. The number of carboxylic acid groups (broad SMARTS) is 1. The number of benzene rings is 1. The van der Waals surface area contributed by atoms with Gasteiger partial charge in [-0.1, -0.05) is 12.1 Å². The number of hydrogen-bond acceptors (Lipinski definition) is 5. The minimum Gasteiger partial charge on any atom is -0.478 e. The van der Waals surface area contributed by atoms with E-state index >= 15 is 0 Å². The van der Waals surface area contributed by atoms with Gasteiger partial charge in [0.25, 0.3) is 0 Å². The summed E-state index contributed by atoms with van der Waals surface area (Å²) in [7, 11) is 0. The monoisotopic (exact) mass is 463 g/mol. The van der Waals surface area contributed by atoms with E-state index in [9.17, 15) is 9.90 Å². The molecule has 5 rings (SSSR count).